The summed E-state index contributed by atoms with van der Waals surface area (Å²) in [5.41, 5.74) is 1.50. The molecule has 0 saturated carbocycles. The third kappa shape index (κ3) is 5.10. The van der Waals surface area contributed by atoms with Crippen molar-refractivity contribution in [2.24, 2.45) is 0 Å². The number of anilines is 1. The summed E-state index contributed by atoms with van der Waals surface area (Å²) < 4.78 is 5.13. The Morgan fingerprint density at radius 3 is 2.34 bits per heavy atom. The largest absolute Gasteiger partial charge is 0.497 e. The van der Waals surface area contributed by atoms with Crippen LogP contribution in [0.3, 0.4) is 0 Å². The highest BCUT2D eigenvalue weighted by molar-refractivity contribution is 5.98. The molecule has 0 spiro atoms. The number of benzene rings is 2. The summed E-state index contributed by atoms with van der Waals surface area (Å²) in [5.74, 6) is 0.496. The van der Waals surface area contributed by atoms with Gasteiger partial charge in [-0.3, -0.25) is 19.7 Å². The van der Waals surface area contributed by atoms with E-state index in [0.29, 0.717) is 37.5 Å². The highest BCUT2D eigenvalue weighted by Crippen LogP contribution is 2.21. The Morgan fingerprint density at radius 2 is 1.72 bits per heavy atom. The SMILES string of the molecule is COc1cccc(C(=O)CCC(=O)N2CCN(c3ccc([N+](=O)[O-])cc3)CC2)c1. The molecule has 1 saturated heterocycles. The second kappa shape index (κ2) is 9.18. The molecule has 0 radical (unpaired) electrons. The number of Topliss-reactive ketones (excluding diaryl/α,β-unsaturated/α-hetero) is 1. The lowest BCUT2D eigenvalue weighted by molar-refractivity contribution is -0.384. The van der Waals surface area contributed by atoms with Gasteiger partial charge in [0.2, 0.25) is 5.91 Å². The van der Waals surface area contributed by atoms with Crippen LogP contribution in [-0.4, -0.2) is 54.8 Å². The van der Waals surface area contributed by atoms with Crippen LogP contribution >= 0.6 is 0 Å². The number of carbonyl (C=O) groups excluding carboxylic acids is 2. The van der Waals surface area contributed by atoms with Gasteiger partial charge in [-0.2, -0.15) is 0 Å². The third-order valence-electron chi connectivity index (χ3n) is 5.02. The van der Waals surface area contributed by atoms with Crippen LogP contribution in [0.2, 0.25) is 0 Å². The molecule has 2 aromatic rings. The van der Waals surface area contributed by atoms with E-state index in [9.17, 15) is 19.7 Å². The number of amides is 1. The number of nitrogens with zero attached hydrogens (tertiary/aromatic N) is 3. The first-order valence-electron chi connectivity index (χ1n) is 9.42. The summed E-state index contributed by atoms with van der Waals surface area (Å²) >= 11 is 0. The minimum atomic E-state index is -0.423. The fourth-order valence-electron chi connectivity index (χ4n) is 3.32. The molecule has 29 heavy (non-hydrogen) atoms. The van der Waals surface area contributed by atoms with Crippen molar-refractivity contribution in [3.8, 4) is 5.75 Å². The van der Waals surface area contributed by atoms with Gasteiger partial charge in [-0.05, 0) is 24.3 Å². The molecule has 0 atom stereocenters. The third-order valence-corrected chi connectivity index (χ3v) is 5.02. The number of nitro benzene ring substituents is 1. The van der Waals surface area contributed by atoms with Crippen molar-refractivity contribution in [3.63, 3.8) is 0 Å². The van der Waals surface area contributed by atoms with E-state index in [4.69, 9.17) is 4.74 Å². The number of hydrogen-bond acceptors (Lipinski definition) is 6. The molecule has 2 aromatic carbocycles. The zero-order valence-corrected chi connectivity index (χ0v) is 16.2. The van der Waals surface area contributed by atoms with Gasteiger partial charge in [-0.1, -0.05) is 12.1 Å². The minimum absolute atomic E-state index is 0.0374. The molecule has 152 valence electrons. The zero-order chi connectivity index (χ0) is 20.8. The standard InChI is InChI=1S/C21H23N3O5/c1-29-19-4-2-3-16(15-19)20(25)9-10-21(26)23-13-11-22(12-14-23)17-5-7-18(8-6-17)24(27)28/h2-8,15H,9-14H2,1H3. The molecule has 0 bridgehead atoms. The first-order chi connectivity index (χ1) is 14.0. The Hall–Kier alpha value is -3.42. The van der Waals surface area contributed by atoms with Crippen molar-refractivity contribution in [1.29, 1.82) is 0 Å². The van der Waals surface area contributed by atoms with Gasteiger partial charge in [0.1, 0.15) is 5.75 Å². The lowest BCUT2D eigenvalue weighted by Crippen LogP contribution is -2.48. The molecule has 1 aliphatic rings. The number of hydrogen-bond donors (Lipinski definition) is 0. The maximum atomic E-state index is 12.5. The predicted molar refractivity (Wildman–Crippen MR) is 108 cm³/mol. The lowest BCUT2D eigenvalue weighted by Gasteiger charge is -2.36. The van der Waals surface area contributed by atoms with Crippen LogP contribution < -0.4 is 9.64 Å². The van der Waals surface area contributed by atoms with E-state index in [1.165, 1.54) is 12.1 Å². The van der Waals surface area contributed by atoms with E-state index in [2.05, 4.69) is 4.90 Å². The topological polar surface area (TPSA) is 93.0 Å². The maximum Gasteiger partial charge on any atom is 0.269 e. The molecule has 0 aliphatic carbocycles. The average Bonchev–Trinajstić information content (AvgIpc) is 2.77. The monoisotopic (exact) mass is 397 g/mol. The van der Waals surface area contributed by atoms with E-state index in [1.54, 1.807) is 48.4 Å². The van der Waals surface area contributed by atoms with Crippen molar-refractivity contribution < 1.29 is 19.2 Å². The molecule has 8 heteroatoms. The van der Waals surface area contributed by atoms with Gasteiger partial charge >= 0.3 is 0 Å². The summed E-state index contributed by atoms with van der Waals surface area (Å²) in [5, 5.41) is 10.8. The molecule has 3 rings (SSSR count). The number of methoxy groups -OCH3 is 1. The van der Waals surface area contributed by atoms with E-state index in [-0.39, 0.29) is 30.2 Å². The van der Waals surface area contributed by atoms with Crippen molar-refractivity contribution in [3.05, 3.63) is 64.2 Å². The molecular weight excluding hydrogens is 374 g/mol. The molecule has 1 fully saturated rings. The first-order valence-corrected chi connectivity index (χ1v) is 9.42. The average molecular weight is 397 g/mol. The summed E-state index contributed by atoms with van der Waals surface area (Å²) in [4.78, 5) is 39.0. The van der Waals surface area contributed by atoms with Crippen molar-refractivity contribution >= 4 is 23.1 Å². The summed E-state index contributed by atoms with van der Waals surface area (Å²) in [6.07, 6.45) is 0.335. The smallest absolute Gasteiger partial charge is 0.269 e. The zero-order valence-electron chi connectivity index (χ0n) is 16.2. The number of carbonyl (C=O) groups is 2. The molecule has 0 unspecified atom stereocenters. The summed E-state index contributed by atoms with van der Waals surface area (Å²) in [6.45, 7) is 2.41. The van der Waals surface area contributed by atoms with Crippen LogP contribution in [0.1, 0.15) is 23.2 Å². The second-order valence-electron chi connectivity index (χ2n) is 6.80. The molecular formula is C21H23N3O5. The van der Waals surface area contributed by atoms with Gasteiger partial charge in [0.25, 0.3) is 5.69 Å². The van der Waals surface area contributed by atoms with Crippen LogP contribution in [0.4, 0.5) is 11.4 Å². The van der Waals surface area contributed by atoms with Crippen LogP contribution in [0.5, 0.6) is 5.75 Å². The van der Waals surface area contributed by atoms with Crippen molar-refractivity contribution in [1.82, 2.24) is 4.90 Å². The van der Waals surface area contributed by atoms with Crippen LogP contribution in [0, 0.1) is 10.1 Å². The predicted octanol–water partition coefficient (Wildman–Crippen LogP) is 2.92. The number of piperazine rings is 1. The maximum absolute atomic E-state index is 12.5. The number of ketones is 1. The Labute approximate surface area is 168 Å². The summed E-state index contributed by atoms with van der Waals surface area (Å²) in [6, 6.07) is 13.3. The van der Waals surface area contributed by atoms with Crippen molar-refractivity contribution in [2.45, 2.75) is 12.8 Å². The van der Waals surface area contributed by atoms with Crippen LogP contribution in [0.15, 0.2) is 48.5 Å². The summed E-state index contributed by atoms with van der Waals surface area (Å²) in [7, 11) is 1.55. The lowest BCUT2D eigenvalue weighted by atomic mass is 10.1. The normalized spacial score (nSPS) is 13.8. The second-order valence-corrected chi connectivity index (χ2v) is 6.80. The Bertz CT molecular complexity index is 889. The van der Waals surface area contributed by atoms with Gasteiger partial charge in [0.15, 0.2) is 5.78 Å². The quantitative estimate of drug-likeness (QED) is 0.405. The first kappa shape index (κ1) is 20.3. The van der Waals surface area contributed by atoms with E-state index < -0.39 is 4.92 Å². The molecule has 0 N–H and O–H groups in total. The highest BCUT2D eigenvalue weighted by atomic mass is 16.6. The van der Waals surface area contributed by atoms with Crippen molar-refractivity contribution in [2.75, 3.05) is 38.2 Å². The van der Waals surface area contributed by atoms with Gasteiger partial charge < -0.3 is 14.5 Å². The van der Waals surface area contributed by atoms with E-state index >= 15 is 0 Å². The van der Waals surface area contributed by atoms with E-state index in [1.807, 2.05) is 0 Å². The molecule has 1 amide bonds. The van der Waals surface area contributed by atoms with Crippen LogP contribution in [0.25, 0.3) is 0 Å². The number of rotatable bonds is 7. The number of non-ortho nitro benzene ring substituents is 1. The molecule has 8 nitrogen and oxygen atoms in total. The van der Waals surface area contributed by atoms with Gasteiger partial charge in [0.05, 0.1) is 12.0 Å². The Kier molecular flexibility index (Phi) is 6.43. The number of ether oxygens (including phenoxy) is 1. The highest BCUT2D eigenvalue weighted by Gasteiger charge is 2.22. The fraction of sp³-hybridized carbons (Fsp3) is 0.333. The molecule has 1 heterocycles. The number of nitro groups is 1. The fourth-order valence-corrected chi connectivity index (χ4v) is 3.32. The van der Waals surface area contributed by atoms with Crippen LogP contribution in [-0.2, 0) is 4.79 Å². The Morgan fingerprint density at radius 1 is 1.03 bits per heavy atom. The Balaban J connectivity index is 1.48. The molecule has 0 aromatic heterocycles. The minimum Gasteiger partial charge on any atom is -0.497 e. The van der Waals surface area contributed by atoms with Gasteiger partial charge in [-0.25, -0.2) is 0 Å². The van der Waals surface area contributed by atoms with Gasteiger partial charge in [-0.15, -0.1) is 0 Å². The van der Waals surface area contributed by atoms with Gasteiger partial charge in [0, 0.05) is 62.4 Å². The van der Waals surface area contributed by atoms with E-state index in [0.717, 1.165) is 5.69 Å². The molecule has 1 aliphatic heterocycles.